The van der Waals surface area contributed by atoms with Crippen LogP contribution in [0.15, 0.2) is 0 Å². The Labute approximate surface area is 94.6 Å². The van der Waals surface area contributed by atoms with Crippen molar-refractivity contribution in [1.29, 1.82) is 0 Å². The van der Waals surface area contributed by atoms with E-state index in [1.807, 2.05) is 0 Å². The lowest BCUT2D eigenvalue weighted by atomic mass is 9.96. The van der Waals surface area contributed by atoms with Gasteiger partial charge in [0, 0.05) is 13.2 Å². The van der Waals surface area contributed by atoms with Crippen LogP contribution in [-0.4, -0.2) is 19.3 Å². The average molecular weight is 213 g/mol. The van der Waals surface area contributed by atoms with Crippen molar-refractivity contribution in [2.24, 2.45) is 5.73 Å². The molecule has 2 atom stereocenters. The van der Waals surface area contributed by atoms with E-state index >= 15 is 0 Å². The molecule has 2 heteroatoms. The van der Waals surface area contributed by atoms with Crippen LogP contribution in [0, 0.1) is 0 Å². The summed E-state index contributed by atoms with van der Waals surface area (Å²) in [5.74, 6) is 0. The number of nitrogens with two attached hydrogens (primary N) is 1. The van der Waals surface area contributed by atoms with E-state index in [4.69, 9.17) is 10.5 Å². The minimum atomic E-state index is 0.259. The van der Waals surface area contributed by atoms with Gasteiger partial charge in [0.2, 0.25) is 0 Å². The van der Waals surface area contributed by atoms with Crippen molar-refractivity contribution in [3.63, 3.8) is 0 Å². The van der Waals surface area contributed by atoms with E-state index in [1.165, 1.54) is 51.4 Å². The second kappa shape index (κ2) is 8.12. The third kappa shape index (κ3) is 5.53. The normalized spacial score (nSPS) is 31.6. The van der Waals surface area contributed by atoms with Crippen molar-refractivity contribution in [2.75, 3.05) is 7.11 Å². The van der Waals surface area contributed by atoms with E-state index < -0.39 is 0 Å². The van der Waals surface area contributed by atoms with Gasteiger partial charge < -0.3 is 10.5 Å². The molecule has 1 fully saturated rings. The van der Waals surface area contributed by atoms with Crippen molar-refractivity contribution in [3.8, 4) is 0 Å². The quantitative estimate of drug-likeness (QED) is 0.725. The van der Waals surface area contributed by atoms with Gasteiger partial charge in [0.1, 0.15) is 0 Å². The molecule has 0 bridgehead atoms. The van der Waals surface area contributed by atoms with Crippen LogP contribution in [0.1, 0.15) is 64.2 Å². The monoisotopic (exact) mass is 213 g/mol. The summed E-state index contributed by atoms with van der Waals surface area (Å²) in [5.41, 5.74) is 6.14. The van der Waals surface area contributed by atoms with Gasteiger partial charge in [-0.05, 0) is 12.8 Å². The van der Waals surface area contributed by atoms with Crippen molar-refractivity contribution >= 4 is 0 Å². The third-order valence-electron chi connectivity index (χ3n) is 3.56. The number of hydrogen-bond donors (Lipinski definition) is 1. The summed E-state index contributed by atoms with van der Waals surface area (Å²) in [6, 6.07) is 0.259. The van der Waals surface area contributed by atoms with Crippen molar-refractivity contribution in [1.82, 2.24) is 0 Å². The molecule has 0 heterocycles. The molecule has 0 amide bonds. The molecule has 2 unspecified atom stereocenters. The van der Waals surface area contributed by atoms with Gasteiger partial charge in [-0.25, -0.2) is 0 Å². The fraction of sp³-hybridized carbons (Fsp3) is 1.00. The van der Waals surface area contributed by atoms with Crippen LogP contribution in [0.3, 0.4) is 0 Å². The minimum Gasteiger partial charge on any atom is -0.380 e. The number of methoxy groups -OCH3 is 1. The lowest BCUT2D eigenvalue weighted by molar-refractivity contribution is 0.0674. The Bertz CT molecular complexity index is 149. The van der Waals surface area contributed by atoms with Crippen LogP contribution in [0.4, 0.5) is 0 Å². The first-order valence-corrected chi connectivity index (χ1v) is 6.63. The second-order valence-corrected chi connectivity index (χ2v) is 4.84. The maximum Gasteiger partial charge on any atom is 0.0722 e. The Morgan fingerprint density at radius 2 is 1.27 bits per heavy atom. The molecule has 0 aromatic rings. The van der Waals surface area contributed by atoms with E-state index in [9.17, 15) is 0 Å². The fourth-order valence-electron chi connectivity index (χ4n) is 2.48. The molecule has 1 rings (SSSR count). The Hall–Kier alpha value is -0.0800. The van der Waals surface area contributed by atoms with Crippen molar-refractivity contribution in [3.05, 3.63) is 0 Å². The first-order chi connectivity index (χ1) is 7.34. The molecule has 0 aromatic carbocycles. The van der Waals surface area contributed by atoms with E-state index in [-0.39, 0.29) is 6.04 Å². The van der Waals surface area contributed by atoms with Gasteiger partial charge in [0.05, 0.1) is 6.10 Å². The Balaban J connectivity index is 2.30. The van der Waals surface area contributed by atoms with Gasteiger partial charge in [-0.2, -0.15) is 0 Å². The van der Waals surface area contributed by atoms with Gasteiger partial charge in [-0.15, -0.1) is 0 Å². The zero-order chi connectivity index (χ0) is 10.9. The summed E-state index contributed by atoms with van der Waals surface area (Å²) >= 11 is 0. The van der Waals surface area contributed by atoms with E-state index in [0.717, 1.165) is 12.8 Å². The molecular weight excluding hydrogens is 186 g/mol. The molecular formula is C13H27NO. The highest BCUT2D eigenvalue weighted by atomic mass is 16.5. The maximum atomic E-state index is 6.14. The molecule has 90 valence electrons. The van der Waals surface area contributed by atoms with Crippen LogP contribution < -0.4 is 5.73 Å². The summed E-state index contributed by atoms with van der Waals surface area (Å²) in [6.45, 7) is 0. The highest BCUT2D eigenvalue weighted by Gasteiger charge is 2.16. The Morgan fingerprint density at radius 1 is 0.800 bits per heavy atom. The maximum absolute atomic E-state index is 6.14. The van der Waals surface area contributed by atoms with E-state index in [2.05, 4.69) is 0 Å². The molecule has 2 nitrogen and oxygen atoms in total. The van der Waals surface area contributed by atoms with E-state index in [1.54, 1.807) is 7.11 Å². The standard InChI is InChI=1S/C13H27NO/c1-15-13-11-9-7-5-3-2-4-6-8-10-12(13)14/h12-13H,2-11,14H2,1H3. The fourth-order valence-corrected chi connectivity index (χ4v) is 2.48. The smallest absolute Gasteiger partial charge is 0.0722 e. The summed E-state index contributed by atoms with van der Waals surface area (Å²) < 4.78 is 5.48. The minimum absolute atomic E-state index is 0.259. The first kappa shape index (κ1) is 13.0. The zero-order valence-corrected chi connectivity index (χ0v) is 10.2. The number of rotatable bonds is 1. The zero-order valence-electron chi connectivity index (χ0n) is 10.2. The number of ether oxygens (including phenoxy) is 1. The average Bonchev–Trinajstić information content (AvgIpc) is 2.23. The van der Waals surface area contributed by atoms with Gasteiger partial charge >= 0.3 is 0 Å². The summed E-state index contributed by atoms with van der Waals surface area (Å²) in [4.78, 5) is 0. The first-order valence-electron chi connectivity index (χ1n) is 6.63. The topological polar surface area (TPSA) is 35.2 Å². The molecule has 15 heavy (non-hydrogen) atoms. The molecule has 1 aliphatic carbocycles. The molecule has 0 radical (unpaired) electrons. The lowest BCUT2D eigenvalue weighted by Gasteiger charge is -2.23. The SMILES string of the molecule is COC1CCCCCCCCCCC1N. The molecule has 2 N–H and O–H groups in total. The van der Waals surface area contributed by atoms with Crippen LogP contribution in [0.25, 0.3) is 0 Å². The summed E-state index contributed by atoms with van der Waals surface area (Å²) in [5, 5.41) is 0. The molecule has 1 saturated carbocycles. The largest absolute Gasteiger partial charge is 0.380 e. The van der Waals surface area contributed by atoms with Gasteiger partial charge in [0.15, 0.2) is 0 Å². The van der Waals surface area contributed by atoms with Gasteiger partial charge in [0.25, 0.3) is 0 Å². The van der Waals surface area contributed by atoms with Crippen LogP contribution in [-0.2, 0) is 4.74 Å². The van der Waals surface area contributed by atoms with Crippen LogP contribution in [0.5, 0.6) is 0 Å². The number of hydrogen-bond acceptors (Lipinski definition) is 2. The Kier molecular flexibility index (Phi) is 7.03. The van der Waals surface area contributed by atoms with Gasteiger partial charge in [-0.1, -0.05) is 51.4 Å². The molecule has 1 aliphatic rings. The van der Waals surface area contributed by atoms with Crippen molar-refractivity contribution < 1.29 is 4.74 Å². The third-order valence-corrected chi connectivity index (χ3v) is 3.56. The highest BCUT2D eigenvalue weighted by Crippen LogP contribution is 2.17. The molecule has 0 spiro atoms. The van der Waals surface area contributed by atoms with E-state index in [0.29, 0.717) is 6.10 Å². The predicted octanol–water partition coefficient (Wildman–Crippen LogP) is 3.24. The Morgan fingerprint density at radius 3 is 1.80 bits per heavy atom. The predicted molar refractivity (Wildman–Crippen MR) is 64.9 cm³/mol. The summed E-state index contributed by atoms with van der Waals surface area (Å²) in [6.07, 6.45) is 13.5. The second-order valence-electron chi connectivity index (χ2n) is 4.84. The lowest BCUT2D eigenvalue weighted by Crippen LogP contribution is -2.36. The summed E-state index contributed by atoms with van der Waals surface area (Å²) in [7, 11) is 1.80. The van der Waals surface area contributed by atoms with Crippen molar-refractivity contribution in [2.45, 2.75) is 76.4 Å². The molecule has 0 aromatic heterocycles. The highest BCUT2D eigenvalue weighted by molar-refractivity contribution is 4.73. The molecule has 0 saturated heterocycles. The van der Waals surface area contributed by atoms with Gasteiger partial charge in [-0.3, -0.25) is 0 Å². The van der Waals surface area contributed by atoms with Crippen LogP contribution in [0.2, 0.25) is 0 Å². The molecule has 0 aliphatic heterocycles. The van der Waals surface area contributed by atoms with Crippen LogP contribution >= 0.6 is 0 Å².